The van der Waals surface area contributed by atoms with Crippen LogP contribution in [0.3, 0.4) is 0 Å². The Labute approximate surface area is 92.1 Å². The van der Waals surface area contributed by atoms with Crippen LogP contribution in [0.4, 0.5) is 0 Å². The molecule has 1 rings (SSSR count). The first-order valence-electron chi connectivity index (χ1n) is 5.56. The summed E-state index contributed by atoms with van der Waals surface area (Å²) in [5, 5.41) is 0. The van der Waals surface area contributed by atoms with Crippen LogP contribution in [0.15, 0.2) is 18.7 Å². The zero-order valence-corrected chi connectivity index (χ0v) is 9.76. The first-order valence-corrected chi connectivity index (χ1v) is 5.56. The van der Waals surface area contributed by atoms with E-state index in [0.29, 0.717) is 5.92 Å². The van der Waals surface area contributed by atoms with Crippen molar-refractivity contribution in [2.75, 3.05) is 26.7 Å². The molecule has 0 aromatic carbocycles. The number of nitrogens with zero attached hydrogens (tertiary/aromatic N) is 3. The summed E-state index contributed by atoms with van der Waals surface area (Å²) in [6, 6.07) is 0. The molecular formula is C11H22N4. The van der Waals surface area contributed by atoms with Gasteiger partial charge in [-0.2, -0.15) is 0 Å². The Morgan fingerprint density at radius 2 is 2.33 bits per heavy atom. The number of hydrogen-bond acceptors (Lipinski definition) is 3. The lowest BCUT2D eigenvalue weighted by atomic mass is 10.2. The van der Waals surface area contributed by atoms with E-state index in [4.69, 9.17) is 5.73 Å². The van der Waals surface area contributed by atoms with E-state index in [1.807, 2.05) is 18.7 Å². The maximum absolute atomic E-state index is 5.59. The average molecular weight is 210 g/mol. The van der Waals surface area contributed by atoms with E-state index in [1.54, 1.807) is 0 Å². The SMILES string of the molecule is CC(CN)CN(C)CCCn1ccnc1. The lowest BCUT2D eigenvalue weighted by Crippen LogP contribution is -2.29. The largest absolute Gasteiger partial charge is 0.337 e. The van der Waals surface area contributed by atoms with Crippen LogP contribution in [0.5, 0.6) is 0 Å². The Bertz CT molecular complexity index is 245. The van der Waals surface area contributed by atoms with Crippen molar-refractivity contribution < 1.29 is 0 Å². The standard InChI is InChI=1S/C11H22N4/c1-11(8-12)9-14(2)5-3-6-15-7-4-13-10-15/h4,7,10-11H,3,5-6,8-9,12H2,1-2H3. The minimum atomic E-state index is 0.586. The predicted octanol–water partition coefficient (Wildman–Crippen LogP) is 0.800. The number of hydrogen-bond donors (Lipinski definition) is 1. The number of aryl methyl sites for hydroxylation is 1. The number of imidazole rings is 1. The number of nitrogens with two attached hydrogens (primary N) is 1. The first kappa shape index (κ1) is 12.2. The van der Waals surface area contributed by atoms with Gasteiger partial charge in [-0.05, 0) is 32.5 Å². The van der Waals surface area contributed by atoms with Crippen LogP contribution >= 0.6 is 0 Å². The van der Waals surface area contributed by atoms with Crippen LogP contribution in [0.25, 0.3) is 0 Å². The fourth-order valence-corrected chi connectivity index (χ4v) is 1.64. The summed E-state index contributed by atoms with van der Waals surface area (Å²) in [5.74, 6) is 0.586. The Morgan fingerprint density at radius 3 is 2.93 bits per heavy atom. The van der Waals surface area contributed by atoms with Gasteiger partial charge < -0.3 is 15.2 Å². The van der Waals surface area contributed by atoms with Crippen molar-refractivity contribution >= 4 is 0 Å². The quantitative estimate of drug-likeness (QED) is 0.724. The summed E-state index contributed by atoms with van der Waals surface area (Å²) in [6.45, 7) is 6.20. The fraction of sp³-hybridized carbons (Fsp3) is 0.727. The van der Waals surface area contributed by atoms with Gasteiger partial charge in [0.25, 0.3) is 0 Å². The highest BCUT2D eigenvalue weighted by atomic mass is 15.1. The summed E-state index contributed by atoms with van der Waals surface area (Å²) >= 11 is 0. The molecule has 0 aliphatic rings. The number of rotatable bonds is 7. The van der Waals surface area contributed by atoms with Gasteiger partial charge in [-0.15, -0.1) is 0 Å². The molecule has 0 spiro atoms. The summed E-state index contributed by atoms with van der Waals surface area (Å²) in [6.07, 6.45) is 6.84. The lowest BCUT2D eigenvalue weighted by molar-refractivity contribution is 0.280. The average Bonchev–Trinajstić information content (AvgIpc) is 2.70. The topological polar surface area (TPSA) is 47.1 Å². The van der Waals surface area contributed by atoms with Gasteiger partial charge in [0.15, 0.2) is 0 Å². The van der Waals surface area contributed by atoms with E-state index in [9.17, 15) is 0 Å². The molecule has 2 N–H and O–H groups in total. The lowest BCUT2D eigenvalue weighted by Gasteiger charge is -2.20. The highest BCUT2D eigenvalue weighted by Crippen LogP contribution is 1.98. The molecule has 1 heterocycles. The van der Waals surface area contributed by atoms with Gasteiger partial charge in [-0.25, -0.2) is 4.98 Å². The zero-order chi connectivity index (χ0) is 11.1. The van der Waals surface area contributed by atoms with Crippen molar-refractivity contribution in [2.45, 2.75) is 19.9 Å². The van der Waals surface area contributed by atoms with E-state index in [1.165, 1.54) is 0 Å². The molecule has 0 aliphatic heterocycles. The van der Waals surface area contributed by atoms with Crippen LogP contribution in [0.2, 0.25) is 0 Å². The molecule has 0 bridgehead atoms. The van der Waals surface area contributed by atoms with Crippen LogP contribution < -0.4 is 5.73 Å². The van der Waals surface area contributed by atoms with Crippen molar-refractivity contribution in [1.29, 1.82) is 0 Å². The van der Waals surface area contributed by atoms with Gasteiger partial charge in [0.2, 0.25) is 0 Å². The van der Waals surface area contributed by atoms with Gasteiger partial charge in [0, 0.05) is 25.5 Å². The van der Waals surface area contributed by atoms with E-state index in [2.05, 4.69) is 28.4 Å². The molecule has 86 valence electrons. The molecule has 4 nitrogen and oxygen atoms in total. The molecule has 1 aromatic heterocycles. The minimum Gasteiger partial charge on any atom is -0.337 e. The minimum absolute atomic E-state index is 0.586. The van der Waals surface area contributed by atoms with Crippen LogP contribution in [-0.4, -0.2) is 41.1 Å². The van der Waals surface area contributed by atoms with Gasteiger partial charge in [-0.3, -0.25) is 0 Å². The normalized spacial score (nSPS) is 13.3. The highest BCUT2D eigenvalue weighted by Gasteiger charge is 2.03. The summed E-state index contributed by atoms with van der Waals surface area (Å²) in [7, 11) is 2.15. The first-order chi connectivity index (χ1) is 7.22. The molecule has 0 aliphatic carbocycles. The molecule has 1 aromatic rings. The van der Waals surface area contributed by atoms with Crippen LogP contribution in [0, 0.1) is 5.92 Å². The Kier molecular flexibility index (Phi) is 5.36. The molecule has 0 saturated carbocycles. The second-order valence-corrected chi connectivity index (χ2v) is 4.26. The molecule has 0 fully saturated rings. The predicted molar refractivity (Wildman–Crippen MR) is 62.6 cm³/mol. The zero-order valence-electron chi connectivity index (χ0n) is 9.76. The molecule has 0 radical (unpaired) electrons. The van der Waals surface area contributed by atoms with E-state index < -0.39 is 0 Å². The Hall–Kier alpha value is -0.870. The number of aromatic nitrogens is 2. The van der Waals surface area contributed by atoms with E-state index >= 15 is 0 Å². The van der Waals surface area contributed by atoms with Gasteiger partial charge in [0.05, 0.1) is 6.33 Å². The molecule has 4 heteroatoms. The summed E-state index contributed by atoms with van der Waals surface area (Å²) < 4.78 is 2.11. The van der Waals surface area contributed by atoms with Gasteiger partial charge in [0.1, 0.15) is 0 Å². The van der Waals surface area contributed by atoms with Gasteiger partial charge >= 0.3 is 0 Å². The Balaban J connectivity index is 2.09. The fourth-order valence-electron chi connectivity index (χ4n) is 1.64. The third-order valence-electron chi connectivity index (χ3n) is 2.54. The third-order valence-corrected chi connectivity index (χ3v) is 2.54. The van der Waals surface area contributed by atoms with E-state index in [0.717, 1.165) is 32.6 Å². The maximum atomic E-state index is 5.59. The van der Waals surface area contributed by atoms with Crippen molar-refractivity contribution in [3.05, 3.63) is 18.7 Å². The Morgan fingerprint density at radius 1 is 1.53 bits per heavy atom. The van der Waals surface area contributed by atoms with Gasteiger partial charge in [-0.1, -0.05) is 6.92 Å². The van der Waals surface area contributed by atoms with Crippen molar-refractivity contribution in [3.8, 4) is 0 Å². The monoisotopic (exact) mass is 210 g/mol. The smallest absolute Gasteiger partial charge is 0.0945 e. The van der Waals surface area contributed by atoms with E-state index in [-0.39, 0.29) is 0 Å². The van der Waals surface area contributed by atoms with Crippen LogP contribution in [-0.2, 0) is 6.54 Å². The maximum Gasteiger partial charge on any atom is 0.0945 e. The summed E-state index contributed by atoms with van der Waals surface area (Å²) in [4.78, 5) is 6.36. The summed E-state index contributed by atoms with van der Waals surface area (Å²) in [5.41, 5.74) is 5.59. The van der Waals surface area contributed by atoms with Crippen molar-refractivity contribution in [3.63, 3.8) is 0 Å². The van der Waals surface area contributed by atoms with Crippen LogP contribution in [0.1, 0.15) is 13.3 Å². The second kappa shape index (κ2) is 6.58. The molecule has 1 atom stereocenters. The molecular weight excluding hydrogens is 188 g/mol. The molecule has 15 heavy (non-hydrogen) atoms. The molecule has 1 unspecified atom stereocenters. The van der Waals surface area contributed by atoms with Crippen molar-refractivity contribution in [2.24, 2.45) is 11.7 Å². The highest BCUT2D eigenvalue weighted by molar-refractivity contribution is 4.73. The molecule has 0 amide bonds. The second-order valence-electron chi connectivity index (χ2n) is 4.26. The molecule has 0 saturated heterocycles. The van der Waals surface area contributed by atoms with Crippen molar-refractivity contribution in [1.82, 2.24) is 14.5 Å². The third kappa shape index (κ3) is 4.95.